The van der Waals surface area contributed by atoms with Gasteiger partial charge in [-0.25, -0.2) is 0 Å². The van der Waals surface area contributed by atoms with Gasteiger partial charge in [0.15, 0.2) is 0 Å². The van der Waals surface area contributed by atoms with E-state index >= 15 is 0 Å². The minimum absolute atomic E-state index is 0.213. The van der Waals surface area contributed by atoms with Crippen molar-refractivity contribution in [2.24, 2.45) is 0 Å². The molecular weight excluding hydrogens is 231 g/mol. The number of halogens is 2. The Morgan fingerprint density at radius 1 is 0.667 bits per heavy atom. The standard InChI is InChI=1S/C12H20Cl2O/c13-9-5-1-3-7-11(9)15-12-8-4-2-6-10(12)14/h9-12H,1-8H2. The molecule has 1 nitrogen and oxygen atoms in total. The zero-order valence-electron chi connectivity index (χ0n) is 9.13. The van der Waals surface area contributed by atoms with Crippen molar-refractivity contribution in [1.82, 2.24) is 0 Å². The van der Waals surface area contributed by atoms with Crippen LogP contribution in [0.1, 0.15) is 51.4 Å². The molecule has 3 heteroatoms. The lowest BCUT2D eigenvalue weighted by Gasteiger charge is -2.34. The maximum atomic E-state index is 6.28. The monoisotopic (exact) mass is 250 g/mol. The Hall–Kier alpha value is 0.540. The lowest BCUT2D eigenvalue weighted by atomic mass is 9.94. The van der Waals surface area contributed by atoms with Gasteiger partial charge in [0.1, 0.15) is 0 Å². The minimum Gasteiger partial charge on any atom is -0.372 e. The number of hydrogen-bond donors (Lipinski definition) is 0. The summed E-state index contributed by atoms with van der Waals surface area (Å²) >= 11 is 12.6. The summed E-state index contributed by atoms with van der Waals surface area (Å²) in [6.45, 7) is 0. The van der Waals surface area contributed by atoms with E-state index in [-0.39, 0.29) is 23.0 Å². The third kappa shape index (κ3) is 3.25. The van der Waals surface area contributed by atoms with E-state index in [4.69, 9.17) is 27.9 Å². The highest BCUT2D eigenvalue weighted by Gasteiger charge is 2.31. The van der Waals surface area contributed by atoms with Gasteiger partial charge >= 0.3 is 0 Å². The highest BCUT2D eigenvalue weighted by atomic mass is 35.5. The molecule has 2 aliphatic rings. The van der Waals surface area contributed by atoms with Gasteiger partial charge < -0.3 is 4.74 Å². The van der Waals surface area contributed by atoms with E-state index < -0.39 is 0 Å². The summed E-state index contributed by atoms with van der Waals surface area (Å²) in [5.41, 5.74) is 0. The Balaban J connectivity index is 1.83. The molecule has 0 heterocycles. The van der Waals surface area contributed by atoms with Crippen molar-refractivity contribution in [3.63, 3.8) is 0 Å². The first-order chi connectivity index (χ1) is 7.27. The lowest BCUT2D eigenvalue weighted by Crippen LogP contribution is -2.37. The number of alkyl halides is 2. The maximum Gasteiger partial charge on any atom is 0.0743 e. The second-order valence-corrected chi connectivity index (χ2v) is 5.94. The fourth-order valence-electron chi connectivity index (χ4n) is 2.63. The Morgan fingerprint density at radius 3 is 1.47 bits per heavy atom. The molecule has 88 valence electrons. The predicted molar refractivity (Wildman–Crippen MR) is 64.9 cm³/mol. The molecule has 0 amide bonds. The summed E-state index contributed by atoms with van der Waals surface area (Å²) in [7, 11) is 0. The van der Waals surface area contributed by atoms with Crippen molar-refractivity contribution < 1.29 is 4.74 Å². The SMILES string of the molecule is ClC1CCCCC1OC1CCCCC1Cl. The highest BCUT2D eigenvalue weighted by Crippen LogP contribution is 2.31. The second-order valence-electron chi connectivity index (χ2n) is 4.81. The van der Waals surface area contributed by atoms with Gasteiger partial charge in [-0.1, -0.05) is 25.7 Å². The van der Waals surface area contributed by atoms with Crippen LogP contribution in [0.5, 0.6) is 0 Å². The smallest absolute Gasteiger partial charge is 0.0743 e. The largest absolute Gasteiger partial charge is 0.372 e. The summed E-state index contributed by atoms with van der Waals surface area (Å²) in [4.78, 5) is 0. The van der Waals surface area contributed by atoms with Crippen LogP contribution in [0.3, 0.4) is 0 Å². The van der Waals surface area contributed by atoms with Gasteiger partial charge in [0.05, 0.1) is 23.0 Å². The van der Waals surface area contributed by atoms with Crippen molar-refractivity contribution in [2.75, 3.05) is 0 Å². The van der Waals surface area contributed by atoms with E-state index in [1.807, 2.05) is 0 Å². The van der Waals surface area contributed by atoms with Crippen molar-refractivity contribution >= 4 is 23.2 Å². The molecule has 4 unspecified atom stereocenters. The van der Waals surface area contributed by atoms with Crippen LogP contribution >= 0.6 is 23.2 Å². The van der Waals surface area contributed by atoms with E-state index in [2.05, 4.69) is 0 Å². The first-order valence-electron chi connectivity index (χ1n) is 6.21. The zero-order chi connectivity index (χ0) is 10.7. The predicted octanol–water partition coefficient (Wildman–Crippen LogP) is 4.10. The second kappa shape index (κ2) is 5.75. The van der Waals surface area contributed by atoms with E-state index in [9.17, 15) is 0 Å². The quantitative estimate of drug-likeness (QED) is 0.671. The fraction of sp³-hybridized carbons (Fsp3) is 1.00. The molecule has 4 atom stereocenters. The van der Waals surface area contributed by atoms with Crippen LogP contribution in [-0.4, -0.2) is 23.0 Å². The molecule has 0 radical (unpaired) electrons. The number of rotatable bonds is 2. The van der Waals surface area contributed by atoms with E-state index in [0.29, 0.717) is 0 Å². The average molecular weight is 251 g/mol. The average Bonchev–Trinajstić information content (AvgIpc) is 2.24. The van der Waals surface area contributed by atoms with E-state index in [0.717, 1.165) is 25.7 Å². The molecule has 2 fully saturated rings. The number of ether oxygens (including phenoxy) is 1. The van der Waals surface area contributed by atoms with Crippen molar-refractivity contribution in [3.05, 3.63) is 0 Å². The van der Waals surface area contributed by atoms with Crippen LogP contribution in [-0.2, 0) is 4.74 Å². The first kappa shape index (κ1) is 12.0. The normalized spacial score (nSPS) is 42.8. The molecule has 0 bridgehead atoms. The molecule has 15 heavy (non-hydrogen) atoms. The van der Waals surface area contributed by atoms with Crippen molar-refractivity contribution in [3.8, 4) is 0 Å². The van der Waals surface area contributed by atoms with Gasteiger partial charge in [0, 0.05) is 0 Å². The van der Waals surface area contributed by atoms with E-state index in [1.54, 1.807) is 0 Å². The fourth-order valence-corrected chi connectivity index (χ4v) is 3.31. The Morgan fingerprint density at radius 2 is 1.07 bits per heavy atom. The van der Waals surface area contributed by atoms with Crippen molar-refractivity contribution in [1.29, 1.82) is 0 Å². The molecule has 0 aromatic heterocycles. The van der Waals surface area contributed by atoms with Gasteiger partial charge in [-0.2, -0.15) is 0 Å². The molecule has 0 aliphatic heterocycles. The van der Waals surface area contributed by atoms with Gasteiger partial charge in [-0.15, -0.1) is 23.2 Å². The molecular formula is C12H20Cl2O. The third-order valence-electron chi connectivity index (χ3n) is 3.59. The summed E-state index contributed by atoms with van der Waals surface area (Å²) in [6.07, 6.45) is 9.97. The van der Waals surface area contributed by atoms with Crippen LogP contribution in [0.25, 0.3) is 0 Å². The summed E-state index contributed by atoms with van der Waals surface area (Å²) in [5.74, 6) is 0. The van der Waals surface area contributed by atoms with Crippen LogP contribution in [0.2, 0.25) is 0 Å². The van der Waals surface area contributed by atoms with Crippen LogP contribution in [0.4, 0.5) is 0 Å². The molecule has 0 N–H and O–H groups in total. The molecule has 2 aliphatic carbocycles. The molecule has 0 aromatic carbocycles. The van der Waals surface area contributed by atoms with Crippen LogP contribution in [0.15, 0.2) is 0 Å². The Bertz CT molecular complexity index is 178. The van der Waals surface area contributed by atoms with E-state index in [1.165, 1.54) is 25.7 Å². The molecule has 2 saturated carbocycles. The van der Waals surface area contributed by atoms with Gasteiger partial charge in [-0.05, 0) is 25.7 Å². The van der Waals surface area contributed by atoms with Gasteiger partial charge in [0.2, 0.25) is 0 Å². The van der Waals surface area contributed by atoms with Gasteiger partial charge in [0.25, 0.3) is 0 Å². The third-order valence-corrected chi connectivity index (χ3v) is 4.59. The molecule has 0 aromatic rings. The minimum atomic E-state index is 0.213. The molecule has 0 saturated heterocycles. The van der Waals surface area contributed by atoms with Crippen LogP contribution in [0, 0.1) is 0 Å². The summed E-state index contributed by atoms with van der Waals surface area (Å²) in [5, 5.41) is 0.425. The molecule has 0 spiro atoms. The Kier molecular flexibility index (Phi) is 4.60. The summed E-state index contributed by atoms with van der Waals surface area (Å²) < 4.78 is 6.09. The van der Waals surface area contributed by atoms with Crippen molar-refractivity contribution in [2.45, 2.75) is 74.3 Å². The number of hydrogen-bond acceptors (Lipinski definition) is 1. The topological polar surface area (TPSA) is 9.23 Å². The highest BCUT2D eigenvalue weighted by molar-refractivity contribution is 6.21. The first-order valence-corrected chi connectivity index (χ1v) is 7.08. The zero-order valence-corrected chi connectivity index (χ0v) is 10.6. The Labute approximate surface area is 102 Å². The van der Waals surface area contributed by atoms with Gasteiger partial charge in [-0.3, -0.25) is 0 Å². The van der Waals surface area contributed by atoms with Crippen LogP contribution < -0.4 is 0 Å². The molecule has 2 rings (SSSR count). The lowest BCUT2D eigenvalue weighted by molar-refractivity contribution is -0.0406. The maximum absolute atomic E-state index is 6.28. The summed E-state index contributed by atoms with van der Waals surface area (Å²) in [6, 6.07) is 0.